The van der Waals surface area contributed by atoms with E-state index in [1.54, 1.807) is 32.0 Å². The number of sulfonamides is 1. The summed E-state index contributed by atoms with van der Waals surface area (Å²) in [7, 11) is -0.552. The smallest absolute Gasteiger partial charge is 0.322 e. The van der Waals surface area contributed by atoms with Crippen LogP contribution in [0.4, 0.5) is 6.01 Å². The van der Waals surface area contributed by atoms with Gasteiger partial charge in [0.25, 0.3) is 5.91 Å². The Hall–Kier alpha value is -3.44. The predicted molar refractivity (Wildman–Crippen MR) is 117 cm³/mol. The molecule has 32 heavy (non-hydrogen) atoms. The van der Waals surface area contributed by atoms with Crippen molar-refractivity contribution in [1.29, 1.82) is 0 Å². The summed E-state index contributed by atoms with van der Waals surface area (Å²) in [4.78, 5) is 12.6. The van der Waals surface area contributed by atoms with Gasteiger partial charge in [-0.1, -0.05) is 18.9 Å². The van der Waals surface area contributed by atoms with Crippen molar-refractivity contribution >= 4 is 21.9 Å². The van der Waals surface area contributed by atoms with Crippen LogP contribution in [0.25, 0.3) is 11.5 Å². The number of ether oxygens (including phenoxy) is 2. The molecule has 0 spiro atoms. The minimum atomic E-state index is -3.60. The number of amides is 1. The van der Waals surface area contributed by atoms with Crippen molar-refractivity contribution in [2.45, 2.75) is 18.7 Å². The lowest BCUT2D eigenvalue weighted by atomic mass is 10.2. The summed E-state index contributed by atoms with van der Waals surface area (Å²) in [5.41, 5.74) is 0.798. The summed E-state index contributed by atoms with van der Waals surface area (Å²) >= 11 is 0. The third kappa shape index (κ3) is 4.89. The van der Waals surface area contributed by atoms with Crippen molar-refractivity contribution in [3.8, 4) is 23.0 Å². The molecule has 170 valence electrons. The average molecular weight is 461 g/mol. The molecule has 3 rings (SSSR count). The number of carbonyl (C=O) groups is 1. The molecule has 3 aromatic rings. The van der Waals surface area contributed by atoms with Crippen molar-refractivity contribution in [3.63, 3.8) is 0 Å². The number of nitrogens with zero attached hydrogens (tertiary/aromatic N) is 3. The van der Waals surface area contributed by atoms with E-state index in [0.29, 0.717) is 30.2 Å². The molecule has 0 radical (unpaired) electrons. The Morgan fingerprint density at radius 2 is 1.59 bits per heavy atom. The van der Waals surface area contributed by atoms with Gasteiger partial charge >= 0.3 is 6.01 Å². The second-order valence-electron chi connectivity index (χ2n) is 6.58. The van der Waals surface area contributed by atoms with Crippen LogP contribution in [0.3, 0.4) is 0 Å². The Morgan fingerprint density at radius 1 is 1.00 bits per heavy atom. The van der Waals surface area contributed by atoms with Crippen LogP contribution in [-0.2, 0) is 10.0 Å². The lowest BCUT2D eigenvalue weighted by Crippen LogP contribution is -2.30. The fourth-order valence-electron chi connectivity index (χ4n) is 2.98. The van der Waals surface area contributed by atoms with E-state index in [1.807, 2.05) is 0 Å². The Bertz CT molecular complexity index is 1170. The maximum absolute atomic E-state index is 12.6. The molecule has 0 aliphatic heterocycles. The first-order valence-electron chi connectivity index (χ1n) is 9.80. The minimum Gasteiger partial charge on any atom is -0.497 e. The number of nitrogens with one attached hydrogen (secondary N) is 1. The highest BCUT2D eigenvalue weighted by atomic mass is 32.2. The summed E-state index contributed by atoms with van der Waals surface area (Å²) in [5.74, 6) is 0.735. The lowest BCUT2D eigenvalue weighted by molar-refractivity contribution is 0.102. The van der Waals surface area contributed by atoms with Crippen molar-refractivity contribution < 1.29 is 27.1 Å². The van der Waals surface area contributed by atoms with Gasteiger partial charge in [0.05, 0.1) is 19.1 Å². The molecule has 10 nitrogen and oxygen atoms in total. The zero-order valence-corrected chi connectivity index (χ0v) is 19.0. The first-order valence-corrected chi connectivity index (χ1v) is 11.2. The fraction of sp³-hybridized carbons (Fsp3) is 0.286. The summed E-state index contributed by atoms with van der Waals surface area (Å²) in [6, 6.07) is 10.6. The van der Waals surface area contributed by atoms with Gasteiger partial charge in [-0.15, -0.1) is 5.10 Å². The van der Waals surface area contributed by atoms with Gasteiger partial charge in [0, 0.05) is 30.3 Å². The molecule has 1 amide bonds. The van der Waals surface area contributed by atoms with E-state index in [4.69, 9.17) is 13.9 Å². The van der Waals surface area contributed by atoms with Crippen LogP contribution in [0, 0.1) is 0 Å². The third-order valence-corrected chi connectivity index (χ3v) is 6.77. The Kier molecular flexibility index (Phi) is 7.11. The van der Waals surface area contributed by atoms with Crippen LogP contribution in [0.15, 0.2) is 51.8 Å². The fourth-order valence-corrected chi connectivity index (χ4v) is 4.44. The van der Waals surface area contributed by atoms with Crippen LogP contribution >= 0.6 is 0 Å². The minimum absolute atomic E-state index is 0.105. The topological polar surface area (TPSA) is 124 Å². The quantitative estimate of drug-likeness (QED) is 0.517. The normalized spacial score (nSPS) is 11.4. The van der Waals surface area contributed by atoms with E-state index in [-0.39, 0.29) is 22.4 Å². The van der Waals surface area contributed by atoms with E-state index >= 15 is 0 Å². The first kappa shape index (κ1) is 23.2. The highest BCUT2D eigenvalue weighted by molar-refractivity contribution is 7.89. The lowest BCUT2D eigenvalue weighted by Gasteiger charge is -2.18. The highest BCUT2D eigenvalue weighted by Gasteiger charge is 2.22. The van der Waals surface area contributed by atoms with Crippen LogP contribution < -0.4 is 14.8 Å². The summed E-state index contributed by atoms with van der Waals surface area (Å²) in [5, 5.41) is 10.3. The molecule has 1 heterocycles. The molecule has 0 bridgehead atoms. The van der Waals surface area contributed by atoms with Crippen molar-refractivity contribution in [1.82, 2.24) is 14.5 Å². The van der Waals surface area contributed by atoms with Gasteiger partial charge in [0.15, 0.2) is 0 Å². The maximum Gasteiger partial charge on any atom is 0.322 e. The van der Waals surface area contributed by atoms with Gasteiger partial charge in [-0.3, -0.25) is 10.1 Å². The summed E-state index contributed by atoms with van der Waals surface area (Å²) < 4.78 is 42.5. The molecular formula is C21H24N4O6S. The molecule has 0 saturated heterocycles. The van der Waals surface area contributed by atoms with Crippen LogP contribution in [0.2, 0.25) is 0 Å². The molecule has 0 aliphatic carbocycles. The average Bonchev–Trinajstić information content (AvgIpc) is 3.27. The largest absolute Gasteiger partial charge is 0.497 e. The van der Waals surface area contributed by atoms with Gasteiger partial charge in [-0.2, -0.15) is 4.31 Å². The highest BCUT2D eigenvalue weighted by Crippen LogP contribution is 2.29. The maximum atomic E-state index is 12.6. The number of carbonyl (C=O) groups excluding carboxylic acids is 1. The van der Waals surface area contributed by atoms with Gasteiger partial charge < -0.3 is 13.9 Å². The van der Waals surface area contributed by atoms with E-state index in [9.17, 15) is 13.2 Å². The van der Waals surface area contributed by atoms with Gasteiger partial charge in [0.2, 0.25) is 15.9 Å². The van der Waals surface area contributed by atoms with Crippen molar-refractivity contribution in [2.24, 2.45) is 0 Å². The number of hydrogen-bond acceptors (Lipinski definition) is 8. The zero-order valence-electron chi connectivity index (χ0n) is 18.2. The zero-order chi connectivity index (χ0) is 23.3. The van der Waals surface area contributed by atoms with E-state index in [1.165, 1.54) is 42.8 Å². The van der Waals surface area contributed by atoms with E-state index < -0.39 is 15.9 Å². The number of rotatable bonds is 9. The molecule has 1 N–H and O–H groups in total. The Morgan fingerprint density at radius 3 is 2.12 bits per heavy atom. The number of aromatic nitrogens is 2. The van der Waals surface area contributed by atoms with Gasteiger partial charge in [-0.25, -0.2) is 8.42 Å². The molecule has 11 heteroatoms. The second kappa shape index (κ2) is 9.79. The van der Waals surface area contributed by atoms with Crippen LogP contribution in [0.5, 0.6) is 11.5 Å². The number of methoxy groups -OCH3 is 2. The SMILES string of the molecule is CCN(CC)S(=O)(=O)c1ccc(C(=O)Nc2nnc(-c3cc(OC)cc(OC)c3)o2)cc1. The molecule has 2 aromatic carbocycles. The molecule has 0 saturated carbocycles. The number of hydrogen-bond donors (Lipinski definition) is 1. The van der Waals surface area contributed by atoms with Crippen LogP contribution in [-0.4, -0.2) is 56.1 Å². The Labute approximate surface area is 186 Å². The summed E-state index contributed by atoms with van der Waals surface area (Å²) in [6.07, 6.45) is 0. The first-order chi connectivity index (χ1) is 15.3. The molecule has 0 atom stereocenters. The third-order valence-electron chi connectivity index (χ3n) is 4.70. The molecule has 1 aromatic heterocycles. The van der Waals surface area contributed by atoms with Crippen LogP contribution in [0.1, 0.15) is 24.2 Å². The monoisotopic (exact) mass is 460 g/mol. The number of anilines is 1. The van der Waals surface area contributed by atoms with E-state index in [0.717, 1.165) is 0 Å². The number of benzene rings is 2. The molecular weight excluding hydrogens is 436 g/mol. The second-order valence-corrected chi connectivity index (χ2v) is 8.52. The predicted octanol–water partition coefficient (Wildman–Crippen LogP) is 3.04. The molecule has 0 unspecified atom stereocenters. The van der Waals surface area contributed by atoms with Crippen molar-refractivity contribution in [2.75, 3.05) is 32.6 Å². The summed E-state index contributed by atoms with van der Waals surface area (Å²) in [6.45, 7) is 4.26. The Balaban J connectivity index is 1.76. The molecule has 0 fully saturated rings. The standard InChI is InChI=1S/C21H24N4O6S/c1-5-25(6-2)32(27,28)18-9-7-14(8-10-18)19(26)22-21-24-23-20(31-21)15-11-16(29-3)13-17(12-15)30-4/h7-13H,5-6H2,1-4H3,(H,22,24,26). The van der Waals surface area contributed by atoms with E-state index in [2.05, 4.69) is 15.5 Å². The van der Waals surface area contributed by atoms with Gasteiger partial charge in [-0.05, 0) is 36.4 Å². The van der Waals surface area contributed by atoms with Gasteiger partial charge in [0.1, 0.15) is 11.5 Å². The molecule has 0 aliphatic rings. The van der Waals surface area contributed by atoms with Crippen molar-refractivity contribution in [3.05, 3.63) is 48.0 Å².